The molecule has 0 amide bonds. The Kier molecular flexibility index (Phi) is 7.37. The van der Waals surface area contributed by atoms with Crippen LogP contribution >= 0.6 is 11.8 Å². The number of nitrogens with two attached hydrogens (primary N) is 1. The molecule has 2 N–H and O–H groups in total. The van der Waals surface area contributed by atoms with Gasteiger partial charge in [0.1, 0.15) is 11.6 Å². The summed E-state index contributed by atoms with van der Waals surface area (Å²) in [5.41, 5.74) is 7.39. The number of hydrogen-bond donors (Lipinski definition) is 1. The molecule has 1 atom stereocenters. The van der Waals surface area contributed by atoms with Crippen LogP contribution in [-0.4, -0.2) is 102 Å². The molecule has 11 nitrogen and oxygen atoms in total. The van der Waals surface area contributed by atoms with Crippen LogP contribution in [0.15, 0.2) is 46.5 Å². The largest absolute Gasteiger partial charge is 0.378 e. The molecule has 206 valence electrons. The minimum absolute atomic E-state index is 0.121. The summed E-state index contributed by atoms with van der Waals surface area (Å²) in [6, 6.07) is 5.00. The number of anilines is 2. The number of nitrogens with zero attached hydrogens (tertiary/aromatic N) is 7. The van der Waals surface area contributed by atoms with Gasteiger partial charge in [0, 0.05) is 69.9 Å². The lowest BCUT2D eigenvalue weighted by Crippen LogP contribution is -2.50. The van der Waals surface area contributed by atoms with Gasteiger partial charge in [-0.3, -0.25) is 4.90 Å². The van der Waals surface area contributed by atoms with E-state index in [4.69, 9.17) is 20.4 Å². The molecule has 2 fully saturated rings. The maximum Gasteiger partial charge on any atom is 0.243 e. The van der Waals surface area contributed by atoms with Crippen molar-refractivity contribution in [1.82, 2.24) is 29.1 Å². The molecule has 0 saturated carbocycles. The summed E-state index contributed by atoms with van der Waals surface area (Å²) < 4.78 is 46.3. The number of morpholine rings is 1. The summed E-state index contributed by atoms with van der Waals surface area (Å²) in [6.45, 7) is 5.68. The van der Waals surface area contributed by atoms with Gasteiger partial charge in [-0.2, -0.15) is 4.31 Å². The number of thioether (sulfide) groups is 1. The van der Waals surface area contributed by atoms with Crippen LogP contribution in [0.3, 0.4) is 0 Å². The van der Waals surface area contributed by atoms with Crippen LogP contribution in [0.4, 0.5) is 16.2 Å². The third-order valence-corrected chi connectivity index (χ3v) is 10.3. The Labute approximate surface area is 230 Å². The second kappa shape index (κ2) is 10.9. The van der Waals surface area contributed by atoms with E-state index >= 15 is 0 Å². The monoisotopic (exact) mass is 572 g/mol. The number of ether oxygens (including phenoxy) is 1. The second-order valence-electron chi connectivity index (χ2n) is 9.68. The van der Waals surface area contributed by atoms with Gasteiger partial charge in [0.05, 0.1) is 34.3 Å². The van der Waals surface area contributed by atoms with E-state index in [1.165, 1.54) is 28.6 Å². The summed E-state index contributed by atoms with van der Waals surface area (Å²) in [6.07, 6.45) is 4.08. The molecule has 14 heteroatoms. The van der Waals surface area contributed by atoms with Crippen molar-refractivity contribution >= 4 is 33.6 Å². The standard InChI is InChI=1S/C25H29FN8O3S2/c26-18-1-3-20(4-2-18)39(35,36)34-7-5-32(6-8-34)16-19-13-21-22(38-19)24(33-9-11-37-12-10-33)31-23(30-21)17-14-28-25(27)29-15-17/h1-4,14-15,19H,5-13,16H2,(H2,27,28,29). The fraction of sp³-hybridized carbons (Fsp3) is 0.440. The van der Waals surface area contributed by atoms with Gasteiger partial charge in [0.15, 0.2) is 5.82 Å². The van der Waals surface area contributed by atoms with Crippen molar-refractivity contribution < 1.29 is 17.5 Å². The van der Waals surface area contributed by atoms with Crippen molar-refractivity contribution in [2.45, 2.75) is 21.5 Å². The topological polar surface area (TPSA) is 131 Å². The summed E-state index contributed by atoms with van der Waals surface area (Å²) >= 11 is 1.79. The Bertz CT molecular complexity index is 1430. The smallest absolute Gasteiger partial charge is 0.243 e. The van der Waals surface area contributed by atoms with Gasteiger partial charge in [-0.15, -0.1) is 11.8 Å². The van der Waals surface area contributed by atoms with Crippen molar-refractivity contribution in [2.24, 2.45) is 0 Å². The van der Waals surface area contributed by atoms with E-state index in [2.05, 4.69) is 19.8 Å². The van der Waals surface area contributed by atoms with Gasteiger partial charge in [0.2, 0.25) is 16.0 Å². The van der Waals surface area contributed by atoms with Crippen LogP contribution in [0.1, 0.15) is 5.69 Å². The maximum atomic E-state index is 13.3. The molecule has 6 rings (SSSR count). The van der Waals surface area contributed by atoms with E-state index in [0.29, 0.717) is 50.8 Å². The Morgan fingerprint density at radius 1 is 1.00 bits per heavy atom. The lowest BCUT2D eigenvalue weighted by Gasteiger charge is -2.35. The third-order valence-electron chi connectivity index (χ3n) is 7.11. The number of halogens is 1. The van der Waals surface area contributed by atoms with Crippen LogP contribution in [0, 0.1) is 5.82 Å². The van der Waals surface area contributed by atoms with E-state index in [9.17, 15) is 12.8 Å². The van der Waals surface area contributed by atoms with E-state index in [1.807, 2.05) is 0 Å². The first kappa shape index (κ1) is 26.3. The quantitative estimate of drug-likeness (QED) is 0.461. The van der Waals surface area contributed by atoms with Crippen LogP contribution < -0.4 is 10.6 Å². The maximum absolute atomic E-state index is 13.3. The average Bonchev–Trinajstić information content (AvgIpc) is 3.36. The van der Waals surface area contributed by atoms with Crippen LogP contribution in [0.2, 0.25) is 0 Å². The summed E-state index contributed by atoms with van der Waals surface area (Å²) in [5, 5.41) is 0.271. The highest BCUT2D eigenvalue weighted by Crippen LogP contribution is 2.43. The minimum atomic E-state index is -3.64. The van der Waals surface area contributed by atoms with Gasteiger partial charge in [-0.25, -0.2) is 32.7 Å². The zero-order chi connectivity index (χ0) is 27.0. The van der Waals surface area contributed by atoms with Gasteiger partial charge in [-0.05, 0) is 24.3 Å². The van der Waals surface area contributed by atoms with Gasteiger partial charge >= 0.3 is 0 Å². The van der Waals surface area contributed by atoms with E-state index in [-0.39, 0.29) is 16.1 Å². The molecule has 0 bridgehead atoms. The molecule has 3 aromatic rings. The first-order chi connectivity index (χ1) is 18.9. The normalized spacial score (nSPS) is 20.7. The second-order valence-corrected chi connectivity index (χ2v) is 12.9. The Morgan fingerprint density at radius 3 is 2.38 bits per heavy atom. The molecule has 3 aliphatic heterocycles. The Hall–Kier alpha value is -2.91. The molecule has 0 aliphatic carbocycles. The van der Waals surface area contributed by atoms with E-state index in [0.717, 1.165) is 42.5 Å². The molecule has 1 aromatic carbocycles. The number of sulfonamides is 1. The average molecular weight is 573 g/mol. The zero-order valence-corrected chi connectivity index (χ0v) is 22.9. The van der Waals surface area contributed by atoms with Crippen molar-refractivity contribution in [2.75, 3.05) is 69.7 Å². The SMILES string of the molecule is Nc1ncc(-c2nc3c(c(N4CCOCC4)n2)SC(CN2CCN(S(=O)(=O)c4ccc(F)cc4)CC2)C3)cn1. The van der Waals surface area contributed by atoms with E-state index in [1.54, 1.807) is 24.2 Å². The molecule has 2 saturated heterocycles. The molecule has 5 heterocycles. The number of fused-ring (bicyclic) bond motifs is 1. The van der Waals surface area contributed by atoms with Crippen molar-refractivity contribution in [1.29, 1.82) is 0 Å². The van der Waals surface area contributed by atoms with Crippen LogP contribution in [0.5, 0.6) is 0 Å². The lowest BCUT2D eigenvalue weighted by molar-refractivity contribution is 0.122. The number of rotatable bonds is 6. The molecule has 0 radical (unpaired) electrons. The minimum Gasteiger partial charge on any atom is -0.378 e. The zero-order valence-electron chi connectivity index (χ0n) is 21.2. The van der Waals surface area contributed by atoms with Crippen LogP contribution in [-0.2, 0) is 21.2 Å². The summed E-state index contributed by atoms with van der Waals surface area (Å²) in [5.74, 6) is 1.24. The first-order valence-electron chi connectivity index (χ1n) is 12.8. The fourth-order valence-corrected chi connectivity index (χ4v) is 7.86. The third kappa shape index (κ3) is 5.57. The number of hydrogen-bond acceptors (Lipinski definition) is 11. The lowest BCUT2D eigenvalue weighted by atomic mass is 10.2. The number of benzene rings is 1. The van der Waals surface area contributed by atoms with Gasteiger partial charge < -0.3 is 15.4 Å². The fourth-order valence-electron chi connectivity index (χ4n) is 5.04. The number of nitrogen functional groups attached to an aromatic ring is 1. The number of piperazine rings is 1. The molecule has 3 aliphatic rings. The molecule has 1 unspecified atom stereocenters. The first-order valence-corrected chi connectivity index (χ1v) is 15.1. The Morgan fingerprint density at radius 2 is 1.69 bits per heavy atom. The predicted octanol–water partition coefficient (Wildman–Crippen LogP) is 1.51. The highest BCUT2D eigenvalue weighted by molar-refractivity contribution is 8.00. The molecule has 2 aromatic heterocycles. The van der Waals surface area contributed by atoms with Gasteiger partial charge in [0.25, 0.3) is 0 Å². The van der Waals surface area contributed by atoms with Crippen molar-refractivity contribution in [3.8, 4) is 11.4 Å². The highest BCUT2D eigenvalue weighted by atomic mass is 32.2. The molecule has 39 heavy (non-hydrogen) atoms. The summed E-state index contributed by atoms with van der Waals surface area (Å²) in [4.78, 5) is 23.8. The highest BCUT2D eigenvalue weighted by Gasteiger charge is 2.34. The predicted molar refractivity (Wildman–Crippen MR) is 145 cm³/mol. The number of aromatic nitrogens is 4. The molecular formula is C25H29FN8O3S2. The van der Waals surface area contributed by atoms with Crippen molar-refractivity contribution in [3.63, 3.8) is 0 Å². The van der Waals surface area contributed by atoms with Crippen LogP contribution in [0.25, 0.3) is 11.4 Å². The van der Waals surface area contributed by atoms with Gasteiger partial charge in [-0.1, -0.05) is 0 Å². The Balaban J connectivity index is 1.15. The van der Waals surface area contributed by atoms with E-state index < -0.39 is 15.8 Å². The van der Waals surface area contributed by atoms with Crippen molar-refractivity contribution in [3.05, 3.63) is 48.2 Å². The molecule has 0 spiro atoms. The summed E-state index contributed by atoms with van der Waals surface area (Å²) in [7, 11) is -3.64. The molecular weight excluding hydrogens is 543 g/mol.